The van der Waals surface area contributed by atoms with Crippen LogP contribution in [0.25, 0.3) is 0 Å². The molecule has 0 radical (unpaired) electrons. The molecule has 38 valence electrons. The zero-order valence-electron chi connectivity index (χ0n) is 4.26. The van der Waals surface area contributed by atoms with E-state index in [1.807, 2.05) is 23.2 Å². The van der Waals surface area contributed by atoms with Crippen LogP contribution < -0.4 is 0 Å². The summed E-state index contributed by atoms with van der Waals surface area (Å²) in [6.07, 6.45) is 1.28. The van der Waals surface area contributed by atoms with E-state index in [0.29, 0.717) is 0 Å². The summed E-state index contributed by atoms with van der Waals surface area (Å²) < 4.78 is 0. The van der Waals surface area contributed by atoms with Crippen LogP contribution in [-0.4, -0.2) is 5.27 Å². The first-order chi connectivity index (χ1) is 3.43. The first-order valence-electron chi connectivity index (χ1n) is 2.39. The molecule has 0 atom stereocenters. The van der Waals surface area contributed by atoms with E-state index < -0.39 is 0 Å². The van der Waals surface area contributed by atoms with Gasteiger partial charge in [-0.3, -0.25) is 0 Å². The van der Waals surface area contributed by atoms with Gasteiger partial charge in [-0.15, -0.1) is 0 Å². The molecule has 0 saturated heterocycles. The highest BCUT2D eigenvalue weighted by Crippen LogP contribution is 2.31. The molecule has 0 unspecified atom stereocenters. The molecule has 1 aliphatic heterocycles. The van der Waals surface area contributed by atoms with E-state index in [2.05, 4.69) is 17.7 Å². The third-order valence-electron chi connectivity index (χ3n) is 0.850. The monoisotopic (exact) mass is 130 g/mol. The lowest BCUT2D eigenvalue weighted by molar-refractivity contribution is 1.47. The maximum absolute atomic E-state index is 2.22. The van der Waals surface area contributed by atoms with Gasteiger partial charge in [-0.05, 0) is 10.8 Å². The molecule has 0 aliphatic carbocycles. The van der Waals surface area contributed by atoms with Crippen LogP contribution >= 0.6 is 23.2 Å². The van der Waals surface area contributed by atoms with Gasteiger partial charge in [0, 0.05) is 0 Å². The third kappa shape index (κ3) is 1.46. The van der Waals surface area contributed by atoms with Gasteiger partial charge in [-0.2, -0.15) is 23.2 Å². The molecule has 0 bridgehead atoms. The van der Waals surface area contributed by atoms with Gasteiger partial charge in [0.25, 0.3) is 5.27 Å². The van der Waals surface area contributed by atoms with Crippen molar-refractivity contribution >= 4 is 28.5 Å². The van der Waals surface area contributed by atoms with Gasteiger partial charge in [0.05, 0.1) is 0 Å². The van der Waals surface area contributed by atoms with E-state index in [1.165, 1.54) is 6.32 Å². The van der Waals surface area contributed by atoms with Gasteiger partial charge in [0.2, 0.25) is 0 Å². The van der Waals surface area contributed by atoms with Gasteiger partial charge in [0.1, 0.15) is 0 Å². The highest BCUT2D eigenvalue weighted by Gasteiger charge is 2.12. The highest BCUT2D eigenvalue weighted by atomic mass is 32.2. The fourth-order valence-corrected chi connectivity index (χ4v) is 2.35. The summed E-state index contributed by atoms with van der Waals surface area (Å²) in [6, 6.07) is 0. The van der Waals surface area contributed by atoms with Crippen molar-refractivity contribution < 1.29 is 0 Å². The Bertz CT molecular complexity index is 73.8. The molecule has 0 spiro atoms. The molecule has 0 aromatic carbocycles. The second-order valence-electron chi connectivity index (χ2n) is 1.38. The molecular weight excluding hydrogens is 123 g/mol. The first-order valence-corrected chi connectivity index (χ1v) is 4.28. The van der Waals surface area contributed by atoms with Crippen LogP contribution in [-0.2, 0) is 0 Å². The van der Waals surface area contributed by atoms with Crippen molar-refractivity contribution in [1.82, 2.24) is 0 Å². The molecule has 1 aliphatic rings. The molecule has 0 nitrogen and oxygen atoms in total. The molecule has 0 saturated carbocycles. The summed E-state index contributed by atoms with van der Waals surface area (Å²) in [7, 11) is 0. The second kappa shape index (κ2) is 2.73. The summed E-state index contributed by atoms with van der Waals surface area (Å²) in [6.45, 7) is 2.22. The molecular formula is C4H7BS2. The Balaban J connectivity index is 2.22. The zero-order chi connectivity index (χ0) is 5.11. The summed E-state index contributed by atoms with van der Waals surface area (Å²) >= 11 is 3.85. The second-order valence-corrected chi connectivity index (χ2v) is 3.91. The minimum absolute atomic E-state index is 0.819. The smallest absolute Gasteiger partial charge is 0.167 e. The van der Waals surface area contributed by atoms with E-state index in [-0.39, 0.29) is 0 Å². The van der Waals surface area contributed by atoms with Gasteiger partial charge in [0.15, 0.2) is 0 Å². The van der Waals surface area contributed by atoms with Crippen LogP contribution in [0.2, 0.25) is 6.32 Å². The average molecular weight is 130 g/mol. The Morgan fingerprint density at radius 2 is 2.00 bits per heavy atom. The van der Waals surface area contributed by atoms with Crippen LogP contribution in [0, 0.1) is 0 Å². The molecule has 1 rings (SSSR count). The fraction of sp³-hybridized carbons (Fsp3) is 0.500. The van der Waals surface area contributed by atoms with Crippen LogP contribution in [0.5, 0.6) is 0 Å². The molecule has 3 heteroatoms. The Hall–Kier alpha value is 0.505. The van der Waals surface area contributed by atoms with Crippen LogP contribution in [0.15, 0.2) is 10.8 Å². The van der Waals surface area contributed by atoms with Crippen molar-refractivity contribution in [3.63, 3.8) is 0 Å². The van der Waals surface area contributed by atoms with Crippen molar-refractivity contribution in [2.24, 2.45) is 0 Å². The lowest BCUT2D eigenvalue weighted by Crippen LogP contribution is -1.90. The van der Waals surface area contributed by atoms with E-state index in [1.54, 1.807) is 0 Å². The minimum atomic E-state index is 0.819. The Morgan fingerprint density at radius 1 is 1.43 bits per heavy atom. The van der Waals surface area contributed by atoms with Gasteiger partial charge >= 0.3 is 0 Å². The normalized spacial score (nSPS) is 18.7. The maximum atomic E-state index is 2.22. The van der Waals surface area contributed by atoms with Crippen molar-refractivity contribution in [2.45, 2.75) is 13.2 Å². The summed E-state index contributed by atoms with van der Waals surface area (Å²) in [5, 5.41) is 5.15. The van der Waals surface area contributed by atoms with Crippen LogP contribution in [0.3, 0.4) is 0 Å². The topological polar surface area (TPSA) is 0 Å². The summed E-state index contributed by atoms with van der Waals surface area (Å²) in [5.74, 6) is 0. The summed E-state index contributed by atoms with van der Waals surface area (Å²) in [4.78, 5) is 0. The standard InChI is InChI=1S/C4H7BS2/c1-2-5-6-3-4-7-5/h3-4H,2H2,1H3. The highest BCUT2D eigenvalue weighted by molar-refractivity contribution is 8.58. The largest absolute Gasteiger partial charge is 0.283 e. The van der Waals surface area contributed by atoms with Crippen LogP contribution in [0.1, 0.15) is 6.92 Å². The average Bonchev–Trinajstić information content (AvgIpc) is 2.14. The number of hydrogen-bond donors (Lipinski definition) is 0. The molecule has 7 heavy (non-hydrogen) atoms. The molecule has 0 fully saturated rings. The van der Waals surface area contributed by atoms with Crippen molar-refractivity contribution in [3.05, 3.63) is 10.8 Å². The maximum Gasteiger partial charge on any atom is 0.283 e. The van der Waals surface area contributed by atoms with Gasteiger partial charge < -0.3 is 0 Å². The predicted molar refractivity (Wildman–Crippen MR) is 40.6 cm³/mol. The Kier molecular flexibility index (Phi) is 2.20. The number of hydrogen-bond acceptors (Lipinski definition) is 2. The lowest BCUT2D eigenvalue weighted by atomic mass is 10.0. The van der Waals surface area contributed by atoms with E-state index in [0.717, 1.165) is 5.27 Å². The van der Waals surface area contributed by atoms with E-state index in [9.17, 15) is 0 Å². The molecule has 0 aromatic rings. The van der Waals surface area contributed by atoms with Crippen molar-refractivity contribution in [1.29, 1.82) is 0 Å². The summed E-state index contributed by atoms with van der Waals surface area (Å²) in [5.41, 5.74) is 0. The minimum Gasteiger partial charge on any atom is -0.167 e. The quantitative estimate of drug-likeness (QED) is 0.500. The third-order valence-corrected chi connectivity index (χ3v) is 3.55. The predicted octanol–water partition coefficient (Wildman–Crippen LogP) is 2.45. The Morgan fingerprint density at radius 3 is 2.29 bits per heavy atom. The van der Waals surface area contributed by atoms with Crippen LogP contribution in [0.4, 0.5) is 0 Å². The van der Waals surface area contributed by atoms with Gasteiger partial charge in [-0.1, -0.05) is 13.2 Å². The first kappa shape index (κ1) is 5.64. The molecule has 0 N–H and O–H groups in total. The fourth-order valence-electron chi connectivity index (χ4n) is 0.464. The number of rotatable bonds is 1. The van der Waals surface area contributed by atoms with Crippen molar-refractivity contribution in [3.8, 4) is 0 Å². The van der Waals surface area contributed by atoms with Crippen molar-refractivity contribution in [2.75, 3.05) is 0 Å². The molecule has 0 amide bonds. The van der Waals surface area contributed by atoms with Gasteiger partial charge in [-0.25, -0.2) is 0 Å². The van der Waals surface area contributed by atoms with E-state index >= 15 is 0 Å². The molecule has 1 heterocycles. The Labute approximate surface area is 53.0 Å². The SMILES string of the molecule is CCB1SC=CS1. The lowest BCUT2D eigenvalue weighted by Gasteiger charge is -1.92. The zero-order valence-corrected chi connectivity index (χ0v) is 5.89. The molecule has 0 aromatic heterocycles. The van der Waals surface area contributed by atoms with E-state index in [4.69, 9.17) is 0 Å².